The van der Waals surface area contributed by atoms with E-state index in [0.29, 0.717) is 5.88 Å². The Morgan fingerprint density at radius 2 is 1.87 bits per heavy atom. The van der Waals surface area contributed by atoms with E-state index in [2.05, 4.69) is 4.72 Å². The first kappa shape index (κ1) is 15.2. The largest absolute Gasteiger partial charge is 0.395 e. The zero-order chi connectivity index (χ0) is 12.1. The van der Waals surface area contributed by atoms with Crippen molar-refractivity contribution in [3.05, 3.63) is 0 Å². The van der Waals surface area contributed by atoms with Crippen molar-refractivity contribution in [2.75, 3.05) is 18.2 Å². The molecular formula is C9H20ClNO3S. The summed E-state index contributed by atoms with van der Waals surface area (Å²) in [6.07, 6.45) is 0. The van der Waals surface area contributed by atoms with Gasteiger partial charge in [-0.05, 0) is 11.8 Å². The van der Waals surface area contributed by atoms with E-state index >= 15 is 0 Å². The third-order valence-electron chi connectivity index (χ3n) is 2.10. The summed E-state index contributed by atoms with van der Waals surface area (Å²) in [5, 5.41) is 9.00. The molecule has 0 aliphatic rings. The summed E-state index contributed by atoms with van der Waals surface area (Å²) >= 11 is 5.55. The topological polar surface area (TPSA) is 66.4 Å². The van der Waals surface area contributed by atoms with Crippen LogP contribution in [-0.2, 0) is 10.0 Å². The highest BCUT2D eigenvalue weighted by atomic mass is 35.5. The Kier molecular flexibility index (Phi) is 6.75. The van der Waals surface area contributed by atoms with Gasteiger partial charge in [-0.3, -0.25) is 0 Å². The van der Waals surface area contributed by atoms with Crippen molar-refractivity contribution >= 4 is 21.6 Å². The molecular weight excluding hydrogens is 238 g/mol. The molecule has 0 fully saturated rings. The molecule has 2 atom stereocenters. The van der Waals surface area contributed by atoms with Crippen LogP contribution in [0.1, 0.15) is 20.8 Å². The predicted molar refractivity (Wildman–Crippen MR) is 62.5 cm³/mol. The standard InChI is InChI=1S/C9H20ClNO3S/c1-7(2)9(5-12)11-15(13,14)6-8(3)4-10/h7-9,11-12H,4-6H2,1-3H3. The molecule has 0 saturated heterocycles. The van der Waals surface area contributed by atoms with Gasteiger partial charge in [0.05, 0.1) is 12.4 Å². The number of nitrogens with one attached hydrogen (secondary N) is 1. The molecule has 0 rings (SSSR count). The quantitative estimate of drug-likeness (QED) is 0.663. The summed E-state index contributed by atoms with van der Waals surface area (Å²) in [4.78, 5) is 0. The Labute approximate surface area is 97.1 Å². The van der Waals surface area contributed by atoms with Gasteiger partial charge in [-0.2, -0.15) is 0 Å². The number of rotatable bonds is 7. The van der Waals surface area contributed by atoms with E-state index in [9.17, 15) is 8.42 Å². The number of halogens is 1. The fraction of sp³-hybridized carbons (Fsp3) is 1.00. The highest BCUT2D eigenvalue weighted by molar-refractivity contribution is 7.89. The van der Waals surface area contributed by atoms with Crippen LogP contribution in [0.15, 0.2) is 0 Å². The molecule has 0 aromatic carbocycles. The van der Waals surface area contributed by atoms with E-state index in [-0.39, 0.29) is 24.2 Å². The van der Waals surface area contributed by atoms with Gasteiger partial charge in [-0.1, -0.05) is 20.8 Å². The minimum Gasteiger partial charge on any atom is -0.395 e. The lowest BCUT2D eigenvalue weighted by Gasteiger charge is -2.20. The molecule has 0 aliphatic carbocycles. The smallest absolute Gasteiger partial charge is 0.212 e. The van der Waals surface area contributed by atoms with Crippen molar-refractivity contribution in [3.63, 3.8) is 0 Å². The van der Waals surface area contributed by atoms with Crippen LogP contribution in [0.3, 0.4) is 0 Å². The zero-order valence-corrected chi connectivity index (χ0v) is 11.0. The second kappa shape index (κ2) is 6.68. The summed E-state index contributed by atoms with van der Waals surface area (Å²) < 4.78 is 25.7. The fourth-order valence-electron chi connectivity index (χ4n) is 1.08. The third kappa shape index (κ3) is 6.35. The zero-order valence-electron chi connectivity index (χ0n) is 9.40. The van der Waals surface area contributed by atoms with Crippen LogP contribution in [-0.4, -0.2) is 37.8 Å². The van der Waals surface area contributed by atoms with E-state index in [1.165, 1.54) is 0 Å². The van der Waals surface area contributed by atoms with Crippen LogP contribution in [0.2, 0.25) is 0 Å². The Morgan fingerprint density at radius 1 is 1.33 bits per heavy atom. The van der Waals surface area contributed by atoms with Gasteiger partial charge in [-0.25, -0.2) is 13.1 Å². The molecule has 0 heterocycles. The Morgan fingerprint density at radius 3 is 2.20 bits per heavy atom. The first-order valence-corrected chi connectivity index (χ1v) is 7.18. The summed E-state index contributed by atoms with van der Waals surface area (Å²) in [7, 11) is -3.34. The fourth-order valence-corrected chi connectivity index (χ4v) is 3.09. The summed E-state index contributed by atoms with van der Waals surface area (Å²) in [6.45, 7) is 5.30. The van der Waals surface area contributed by atoms with Crippen LogP contribution in [0, 0.1) is 11.8 Å². The lowest BCUT2D eigenvalue weighted by molar-refractivity contribution is 0.227. The maximum Gasteiger partial charge on any atom is 0.212 e. The monoisotopic (exact) mass is 257 g/mol. The van der Waals surface area contributed by atoms with Crippen LogP contribution >= 0.6 is 11.6 Å². The molecule has 6 heteroatoms. The van der Waals surface area contributed by atoms with E-state index in [4.69, 9.17) is 16.7 Å². The Bertz CT molecular complexity index is 267. The van der Waals surface area contributed by atoms with Gasteiger partial charge in [0.25, 0.3) is 0 Å². The molecule has 0 bridgehead atoms. The average Bonchev–Trinajstić information content (AvgIpc) is 2.13. The van der Waals surface area contributed by atoms with Crippen molar-refractivity contribution in [1.29, 1.82) is 0 Å². The average molecular weight is 258 g/mol. The molecule has 0 spiro atoms. The summed E-state index contributed by atoms with van der Waals surface area (Å²) in [5.41, 5.74) is 0. The minimum absolute atomic E-state index is 0.000278. The van der Waals surface area contributed by atoms with Crippen LogP contribution in [0.5, 0.6) is 0 Å². The summed E-state index contributed by atoms with van der Waals surface area (Å²) in [6, 6.07) is -0.419. The Hall–Kier alpha value is 0.160. The molecule has 92 valence electrons. The molecule has 0 radical (unpaired) electrons. The third-order valence-corrected chi connectivity index (χ3v) is 4.30. The molecule has 0 aromatic rings. The Balaban J connectivity index is 4.36. The maximum absolute atomic E-state index is 11.6. The number of aliphatic hydroxyl groups excluding tert-OH is 1. The van der Waals surface area contributed by atoms with Gasteiger partial charge in [0, 0.05) is 11.9 Å². The van der Waals surface area contributed by atoms with Crippen LogP contribution < -0.4 is 4.72 Å². The van der Waals surface area contributed by atoms with Gasteiger partial charge < -0.3 is 5.11 Å². The molecule has 2 unspecified atom stereocenters. The lowest BCUT2D eigenvalue weighted by Crippen LogP contribution is -2.43. The van der Waals surface area contributed by atoms with E-state index in [1.807, 2.05) is 13.8 Å². The van der Waals surface area contributed by atoms with E-state index in [1.54, 1.807) is 6.92 Å². The molecule has 0 amide bonds. The van der Waals surface area contributed by atoms with E-state index < -0.39 is 16.1 Å². The van der Waals surface area contributed by atoms with Crippen molar-refractivity contribution < 1.29 is 13.5 Å². The van der Waals surface area contributed by atoms with Gasteiger partial charge >= 0.3 is 0 Å². The number of alkyl halides is 1. The first-order valence-electron chi connectivity index (χ1n) is 4.99. The van der Waals surface area contributed by atoms with Gasteiger partial charge in [0.15, 0.2) is 0 Å². The molecule has 4 nitrogen and oxygen atoms in total. The number of aliphatic hydroxyl groups is 1. The number of hydrogen-bond acceptors (Lipinski definition) is 3. The number of hydrogen-bond donors (Lipinski definition) is 2. The SMILES string of the molecule is CC(CCl)CS(=O)(=O)NC(CO)C(C)C. The second-order valence-electron chi connectivity index (χ2n) is 4.19. The molecule has 2 N–H and O–H groups in total. The predicted octanol–water partition coefficient (Wildman–Crippen LogP) is 0.798. The maximum atomic E-state index is 11.6. The molecule has 0 aromatic heterocycles. The molecule has 0 aliphatic heterocycles. The number of sulfonamides is 1. The highest BCUT2D eigenvalue weighted by Crippen LogP contribution is 2.06. The second-order valence-corrected chi connectivity index (χ2v) is 6.30. The van der Waals surface area contributed by atoms with Crippen molar-refractivity contribution in [2.24, 2.45) is 11.8 Å². The molecule has 0 saturated carbocycles. The van der Waals surface area contributed by atoms with Crippen LogP contribution in [0.4, 0.5) is 0 Å². The van der Waals surface area contributed by atoms with Crippen molar-refractivity contribution in [2.45, 2.75) is 26.8 Å². The molecule has 15 heavy (non-hydrogen) atoms. The van der Waals surface area contributed by atoms with Crippen molar-refractivity contribution in [3.8, 4) is 0 Å². The highest BCUT2D eigenvalue weighted by Gasteiger charge is 2.21. The van der Waals surface area contributed by atoms with Gasteiger partial charge in [0.2, 0.25) is 10.0 Å². The van der Waals surface area contributed by atoms with Gasteiger partial charge in [-0.15, -0.1) is 11.6 Å². The summed E-state index contributed by atoms with van der Waals surface area (Å²) in [5.74, 6) is 0.290. The van der Waals surface area contributed by atoms with Crippen LogP contribution in [0.25, 0.3) is 0 Å². The normalized spacial score (nSPS) is 16.7. The minimum atomic E-state index is -3.34. The van der Waals surface area contributed by atoms with E-state index in [0.717, 1.165) is 0 Å². The lowest BCUT2D eigenvalue weighted by atomic mass is 10.1. The first-order chi connectivity index (χ1) is 6.82. The van der Waals surface area contributed by atoms with Gasteiger partial charge in [0.1, 0.15) is 0 Å². The van der Waals surface area contributed by atoms with Crippen molar-refractivity contribution in [1.82, 2.24) is 4.72 Å².